The Balaban J connectivity index is 1.47. The van der Waals surface area contributed by atoms with Gasteiger partial charge in [-0.2, -0.15) is 15.1 Å². The third-order valence-electron chi connectivity index (χ3n) is 8.78. The van der Waals surface area contributed by atoms with Gasteiger partial charge in [-0.25, -0.2) is 9.67 Å². The Morgan fingerprint density at radius 3 is 2.36 bits per heavy atom. The second kappa shape index (κ2) is 12.3. The topological polar surface area (TPSA) is 114 Å². The van der Waals surface area contributed by atoms with Crippen LogP contribution >= 0.6 is 0 Å². The summed E-state index contributed by atoms with van der Waals surface area (Å²) in [7, 11) is 2.88. The van der Waals surface area contributed by atoms with Crippen molar-refractivity contribution < 1.29 is 18.6 Å². The minimum atomic E-state index is -1.89. The van der Waals surface area contributed by atoms with Crippen molar-refractivity contribution in [1.82, 2.24) is 29.3 Å². The molecule has 0 amide bonds. The maximum atomic E-state index is 6.68. The Morgan fingerprint density at radius 2 is 1.75 bits per heavy atom. The van der Waals surface area contributed by atoms with Crippen molar-refractivity contribution in [3.05, 3.63) is 30.9 Å². The van der Waals surface area contributed by atoms with E-state index >= 15 is 0 Å². The lowest BCUT2D eigenvalue weighted by atomic mass is 10.2. The Bertz CT molecular complexity index is 1580. The Kier molecular flexibility index (Phi) is 8.81. The number of methoxy groups -OCH3 is 3. The van der Waals surface area contributed by atoms with Crippen LogP contribution in [-0.4, -0.2) is 78.1 Å². The number of anilines is 3. The fourth-order valence-corrected chi connectivity index (χ4v) is 6.27. The Hall–Kier alpha value is -3.84. The van der Waals surface area contributed by atoms with E-state index in [4.69, 9.17) is 28.6 Å². The molecule has 0 aliphatic carbocycles. The van der Waals surface area contributed by atoms with Crippen molar-refractivity contribution in [3.8, 4) is 22.9 Å². The second-order valence-corrected chi connectivity index (χ2v) is 17.8. The van der Waals surface area contributed by atoms with Crippen LogP contribution < -0.4 is 24.4 Å². The van der Waals surface area contributed by atoms with Crippen molar-refractivity contribution in [2.24, 2.45) is 0 Å². The van der Waals surface area contributed by atoms with Gasteiger partial charge in [0.2, 0.25) is 11.7 Å². The van der Waals surface area contributed by atoms with Crippen LogP contribution in [0.2, 0.25) is 18.1 Å². The number of rotatable bonds is 11. The molecule has 0 spiro atoms. The van der Waals surface area contributed by atoms with Gasteiger partial charge in [-0.3, -0.25) is 0 Å². The zero-order valence-electron chi connectivity index (χ0n) is 27.6. The first kappa shape index (κ1) is 31.6. The summed E-state index contributed by atoms with van der Waals surface area (Å²) in [6, 6.07) is 4.11. The molecular formula is C31H46N8O4Si. The van der Waals surface area contributed by atoms with Gasteiger partial charge in [0.1, 0.15) is 12.1 Å². The van der Waals surface area contributed by atoms with E-state index in [0.717, 1.165) is 41.9 Å². The van der Waals surface area contributed by atoms with Gasteiger partial charge in [0.25, 0.3) is 0 Å². The average Bonchev–Trinajstić information content (AvgIpc) is 3.74. The predicted octanol–water partition coefficient (Wildman–Crippen LogP) is 6.35. The molecule has 238 valence electrons. The largest absolute Gasteiger partial charge is 0.493 e. The van der Waals surface area contributed by atoms with Gasteiger partial charge in [-0.15, -0.1) is 0 Å². The molecule has 1 atom stereocenters. The molecule has 0 radical (unpaired) electrons. The predicted molar refractivity (Wildman–Crippen MR) is 176 cm³/mol. The molecule has 1 N–H and O–H groups in total. The number of fused-ring (bicyclic) bond motifs is 1. The molecule has 1 aliphatic rings. The molecule has 44 heavy (non-hydrogen) atoms. The maximum Gasteiger partial charge on any atom is 0.232 e. The summed E-state index contributed by atoms with van der Waals surface area (Å²) in [5.41, 5.74) is 1.59. The van der Waals surface area contributed by atoms with E-state index in [1.165, 1.54) is 0 Å². The normalized spacial score (nSPS) is 15.8. The van der Waals surface area contributed by atoms with Crippen LogP contribution in [0.3, 0.4) is 0 Å². The van der Waals surface area contributed by atoms with Gasteiger partial charge >= 0.3 is 0 Å². The number of imidazole rings is 1. The number of nitrogens with zero attached hydrogens (tertiary/aromatic N) is 7. The highest BCUT2D eigenvalue weighted by Gasteiger charge is 2.39. The quantitative estimate of drug-likeness (QED) is 0.190. The minimum Gasteiger partial charge on any atom is -0.493 e. The number of nitrogens with one attached hydrogen (secondary N) is 1. The minimum absolute atomic E-state index is 0.138. The summed E-state index contributed by atoms with van der Waals surface area (Å²) in [6.07, 6.45) is 7.62. The molecule has 3 aromatic heterocycles. The molecule has 1 saturated heterocycles. The molecule has 12 nitrogen and oxygen atoms in total. The lowest BCUT2D eigenvalue weighted by Crippen LogP contribution is -2.45. The lowest BCUT2D eigenvalue weighted by molar-refractivity contribution is 0.263. The molecule has 0 saturated carbocycles. The van der Waals surface area contributed by atoms with E-state index in [1.807, 2.05) is 33.8 Å². The molecule has 1 aliphatic heterocycles. The first-order valence-electron chi connectivity index (χ1n) is 15.1. The summed E-state index contributed by atoms with van der Waals surface area (Å²) in [5, 5.41) is 9.12. The first-order valence-corrected chi connectivity index (χ1v) is 18.0. The van der Waals surface area contributed by atoms with E-state index < -0.39 is 8.32 Å². The van der Waals surface area contributed by atoms with E-state index in [2.05, 4.69) is 68.0 Å². The monoisotopic (exact) mass is 622 g/mol. The number of benzene rings is 1. The van der Waals surface area contributed by atoms with E-state index in [0.29, 0.717) is 35.6 Å². The summed E-state index contributed by atoms with van der Waals surface area (Å²) in [4.78, 5) is 16.9. The molecule has 1 fully saturated rings. The van der Waals surface area contributed by atoms with Crippen LogP contribution in [0, 0.1) is 0 Å². The summed E-state index contributed by atoms with van der Waals surface area (Å²) in [6.45, 7) is 17.2. The van der Waals surface area contributed by atoms with Gasteiger partial charge in [-0.05, 0) is 44.8 Å². The molecular weight excluding hydrogens is 576 g/mol. The van der Waals surface area contributed by atoms with Gasteiger partial charge < -0.3 is 33.4 Å². The van der Waals surface area contributed by atoms with Gasteiger partial charge in [0.05, 0.1) is 57.4 Å². The summed E-state index contributed by atoms with van der Waals surface area (Å²) >= 11 is 0. The van der Waals surface area contributed by atoms with Gasteiger partial charge in [-0.1, -0.05) is 20.8 Å². The molecule has 4 aromatic rings. The smallest absolute Gasteiger partial charge is 0.232 e. The lowest BCUT2D eigenvalue weighted by Gasteiger charge is -2.38. The van der Waals surface area contributed by atoms with Crippen LogP contribution in [0.5, 0.6) is 17.2 Å². The maximum absolute atomic E-state index is 6.68. The van der Waals surface area contributed by atoms with Crippen molar-refractivity contribution in [2.45, 2.75) is 77.7 Å². The van der Waals surface area contributed by atoms with E-state index in [1.54, 1.807) is 27.7 Å². The SMILES string of the molecule is COc1cc(-n2cnc(Nc3nc(N4CCCC4CO[Si](C)(C)C(C)(C)C)c4cnn(C(C)C)c4n3)c2)cc(OC)c1OC. The van der Waals surface area contributed by atoms with Gasteiger partial charge in [0.15, 0.2) is 31.3 Å². The zero-order chi connectivity index (χ0) is 31.8. The highest BCUT2D eigenvalue weighted by Crippen LogP contribution is 2.40. The van der Waals surface area contributed by atoms with Crippen LogP contribution in [0.1, 0.15) is 53.5 Å². The van der Waals surface area contributed by atoms with Crippen LogP contribution in [0.4, 0.5) is 17.6 Å². The van der Waals surface area contributed by atoms with Crippen LogP contribution in [-0.2, 0) is 4.43 Å². The molecule has 1 aromatic carbocycles. The highest BCUT2D eigenvalue weighted by atomic mass is 28.4. The van der Waals surface area contributed by atoms with Crippen LogP contribution in [0.25, 0.3) is 16.7 Å². The number of hydrogen-bond donors (Lipinski definition) is 1. The van der Waals surface area contributed by atoms with Crippen molar-refractivity contribution in [3.63, 3.8) is 0 Å². The molecule has 13 heteroatoms. The van der Waals surface area contributed by atoms with Crippen molar-refractivity contribution >= 4 is 36.9 Å². The Labute approximate surface area is 260 Å². The fraction of sp³-hybridized carbons (Fsp3) is 0.548. The number of hydrogen-bond acceptors (Lipinski definition) is 10. The fourth-order valence-electron chi connectivity index (χ4n) is 5.23. The Morgan fingerprint density at radius 1 is 1.05 bits per heavy atom. The summed E-state index contributed by atoms with van der Waals surface area (Å²) in [5.74, 6) is 3.57. The molecule has 4 heterocycles. The van der Waals surface area contributed by atoms with E-state index in [-0.39, 0.29) is 17.1 Å². The standard InChI is InChI=1S/C31H46N8O4Si/c1-20(2)39-29-23(16-33-39)28(38-13-11-12-21(38)18-43-44(9,10)31(3,4)5)35-30(36-29)34-26-17-37(19-32-26)22-14-24(40-6)27(42-8)25(15-22)41-7/h14-17,19-21H,11-13,18H2,1-10H3,(H,34,35,36). The summed E-state index contributed by atoms with van der Waals surface area (Å²) < 4.78 is 27.0. The third kappa shape index (κ3) is 6.07. The zero-order valence-corrected chi connectivity index (χ0v) is 28.6. The number of aromatic nitrogens is 6. The molecule has 5 rings (SSSR count). The molecule has 0 bridgehead atoms. The van der Waals surface area contributed by atoms with Crippen molar-refractivity contribution in [1.29, 1.82) is 0 Å². The highest BCUT2D eigenvalue weighted by molar-refractivity contribution is 6.74. The first-order chi connectivity index (χ1) is 20.9. The van der Waals surface area contributed by atoms with Crippen molar-refractivity contribution in [2.75, 3.05) is 44.7 Å². The molecule has 1 unspecified atom stereocenters. The van der Waals surface area contributed by atoms with E-state index in [9.17, 15) is 0 Å². The second-order valence-electron chi connectivity index (χ2n) is 13.0. The third-order valence-corrected chi connectivity index (χ3v) is 13.3. The number of ether oxygens (including phenoxy) is 3. The average molecular weight is 623 g/mol. The van der Waals surface area contributed by atoms with Gasteiger partial charge in [0, 0.05) is 24.7 Å². The van der Waals surface area contributed by atoms with Crippen LogP contribution in [0.15, 0.2) is 30.9 Å².